The summed E-state index contributed by atoms with van der Waals surface area (Å²) >= 11 is 0. The molecule has 31 heavy (non-hydrogen) atoms. The monoisotopic (exact) mass is 428 g/mol. The lowest BCUT2D eigenvalue weighted by Crippen LogP contribution is -2.51. The third kappa shape index (κ3) is 6.42. The Bertz CT molecular complexity index is 887. The molecule has 1 aliphatic rings. The number of benzene rings is 2. The number of hydrogen-bond donors (Lipinski definition) is 3. The van der Waals surface area contributed by atoms with Gasteiger partial charge in [0.05, 0.1) is 19.2 Å². The number of morpholine rings is 1. The second kappa shape index (κ2) is 10.8. The third-order valence-corrected chi connectivity index (χ3v) is 4.92. The minimum absolute atomic E-state index is 0.0122. The van der Waals surface area contributed by atoms with E-state index in [0.29, 0.717) is 38.3 Å². The molecule has 3 rings (SSSR count). The van der Waals surface area contributed by atoms with Crippen molar-refractivity contribution in [1.82, 2.24) is 15.5 Å². The first-order valence-corrected chi connectivity index (χ1v) is 10.5. The molecule has 0 aliphatic carbocycles. The highest BCUT2D eigenvalue weighted by Crippen LogP contribution is 2.25. The number of nitrogens with one attached hydrogen (secondary N) is 2. The van der Waals surface area contributed by atoms with Crippen molar-refractivity contribution in [2.24, 2.45) is 4.99 Å². The molecule has 1 aliphatic heterocycles. The Morgan fingerprint density at radius 1 is 1.16 bits per heavy atom. The molecule has 2 aromatic carbocycles. The van der Waals surface area contributed by atoms with Crippen molar-refractivity contribution in [2.75, 3.05) is 32.7 Å². The number of carbonyl (C=O) groups is 1. The van der Waals surface area contributed by atoms with Gasteiger partial charge in [0.15, 0.2) is 5.96 Å². The Kier molecular flexibility index (Phi) is 7.83. The number of aromatic hydroxyl groups is 1. The molecule has 1 fully saturated rings. The average Bonchev–Trinajstić information content (AvgIpc) is 2.76. The zero-order chi connectivity index (χ0) is 22.2. The fourth-order valence-corrected chi connectivity index (χ4v) is 3.46. The van der Waals surface area contributed by atoms with E-state index >= 15 is 0 Å². The number of hydrogen-bond acceptors (Lipinski definition) is 4. The second-order valence-electron chi connectivity index (χ2n) is 7.43. The van der Waals surface area contributed by atoms with Gasteiger partial charge in [0.1, 0.15) is 17.7 Å². The quantitative estimate of drug-likeness (QED) is 0.374. The fraction of sp³-hybridized carbons (Fsp3) is 0.391. The molecule has 1 amide bonds. The van der Waals surface area contributed by atoms with Crippen molar-refractivity contribution in [2.45, 2.75) is 26.1 Å². The van der Waals surface area contributed by atoms with E-state index in [0.717, 1.165) is 11.5 Å². The minimum atomic E-state index is -0.270. The number of amides is 1. The molecule has 7 nitrogen and oxygen atoms in total. The van der Waals surface area contributed by atoms with E-state index in [4.69, 9.17) is 4.74 Å². The summed E-state index contributed by atoms with van der Waals surface area (Å²) in [6, 6.07) is 12.5. The fourth-order valence-electron chi connectivity index (χ4n) is 3.46. The lowest BCUT2D eigenvalue weighted by atomic mass is 10.1. The van der Waals surface area contributed by atoms with Gasteiger partial charge in [0.25, 0.3) is 5.91 Å². The first-order chi connectivity index (χ1) is 15.0. The van der Waals surface area contributed by atoms with Gasteiger partial charge in [0.2, 0.25) is 0 Å². The molecule has 1 heterocycles. The van der Waals surface area contributed by atoms with Crippen LogP contribution in [0.25, 0.3) is 0 Å². The highest BCUT2D eigenvalue weighted by atomic mass is 19.1. The summed E-state index contributed by atoms with van der Waals surface area (Å²) in [6.07, 6.45) is -0.190. The van der Waals surface area contributed by atoms with Crippen LogP contribution in [0.15, 0.2) is 53.5 Å². The summed E-state index contributed by atoms with van der Waals surface area (Å²) < 4.78 is 19.3. The highest BCUT2D eigenvalue weighted by Gasteiger charge is 2.28. The van der Waals surface area contributed by atoms with Gasteiger partial charge in [-0.2, -0.15) is 0 Å². The Morgan fingerprint density at radius 3 is 2.55 bits per heavy atom. The first kappa shape index (κ1) is 22.6. The zero-order valence-electron chi connectivity index (χ0n) is 17.8. The van der Waals surface area contributed by atoms with Crippen molar-refractivity contribution in [3.05, 3.63) is 65.5 Å². The molecule has 166 valence electrons. The summed E-state index contributed by atoms with van der Waals surface area (Å²) in [5.74, 6) is 0.393. The molecule has 0 bridgehead atoms. The van der Waals surface area contributed by atoms with E-state index in [2.05, 4.69) is 20.5 Å². The number of rotatable bonds is 6. The second-order valence-corrected chi connectivity index (χ2v) is 7.43. The van der Waals surface area contributed by atoms with Gasteiger partial charge >= 0.3 is 0 Å². The summed E-state index contributed by atoms with van der Waals surface area (Å²) in [5.41, 5.74) is 1.41. The summed E-state index contributed by atoms with van der Waals surface area (Å²) in [7, 11) is 0. The molecule has 3 N–H and O–H groups in total. The summed E-state index contributed by atoms with van der Waals surface area (Å²) in [4.78, 5) is 19.0. The number of aliphatic imine (C=N–C) groups is 1. The summed E-state index contributed by atoms with van der Waals surface area (Å²) in [6.45, 7) is 6.80. The van der Waals surface area contributed by atoms with Gasteiger partial charge in [-0.15, -0.1) is 0 Å². The molecule has 2 atom stereocenters. The number of halogens is 1. The maximum absolute atomic E-state index is 13.3. The minimum Gasteiger partial charge on any atom is -0.508 e. The predicted octanol–water partition coefficient (Wildman–Crippen LogP) is 2.69. The molecule has 0 spiro atoms. The lowest BCUT2D eigenvalue weighted by molar-refractivity contribution is -0.0605. The predicted molar refractivity (Wildman–Crippen MR) is 118 cm³/mol. The van der Waals surface area contributed by atoms with Crippen molar-refractivity contribution < 1.29 is 19.0 Å². The van der Waals surface area contributed by atoms with Gasteiger partial charge < -0.3 is 25.4 Å². The van der Waals surface area contributed by atoms with Crippen LogP contribution < -0.4 is 10.6 Å². The maximum Gasteiger partial charge on any atom is 0.251 e. The number of phenolic OH excluding ortho intramolecular Hbond substituents is 1. The number of phenols is 1. The molecule has 0 saturated carbocycles. The number of guanidine groups is 1. The number of nitrogens with zero attached hydrogens (tertiary/aromatic N) is 2. The topological polar surface area (TPSA) is 86.2 Å². The van der Waals surface area contributed by atoms with Gasteiger partial charge in [-0.05, 0) is 55.8 Å². The molecule has 2 unspecified atom stereocenters. The van der Waals surface area contributed by atoms with Gasteiger partial charge in [-0.3, -0.25) is 9.79 Å². The Balaban J connectivity index is 1.60. The van der Waals surface area contributed by atoms with Crippen LogP contribution in [0.3, 0.4) is 0 Å². The van der Waals surface area contributed by atoms with Crippen LogP contribution in [0.2, 0.25) is 0 Å². The summed E-state index contributed by atoms with van der Waals surface area (Å²) in [5, 5.41) is 15.5. The normalized spacial score (nSPS) is 19.2. The van der Waals surface area contributed by atoms with Gasteiger partial charge in [-0.25, -0.2) is 4.39 Å². The number of carbonyl (C=O) groups excluding carboxylic acids is 1. The molecular formula is C23H29FN4O3. The largest absolute Gasteiger partial charge is 0.508 e. The Labute approximate surface area is 181 Å². The molecule has 0 aromatic heterocycles. The van der Waals surface area contributed by atoms with Crippen LogP contribution >= 0.6 is 0 Å². The van der Waals surface area contributed by atoms with Crippen LogP contribution in [0.1, 0.15) is 35.9 Å². The lowest BCUT2D eigenvalue weighted by Gasteiger charge is -2.38. The van der Waals surface area contributed by atoms with Gasteiger partial charge in [0, 0.05) is 25.2 Å². The number of ether oxygens (including phenoxy) is 1. The highest BCUT2D eigenvalue weighted by molar-refractivity contribution is 5.94. The van der Waals surface area contributed by atoms with Gasteiger partial charge in [-0.1, -0.05) is 12.1 Å². The standard InChI is InChI=1S/C23H29FN4O3/c1-3-25-23(27-13-12-26-22(30)18-6-10-20(29)11-7-18)28-14-16(2)31-21(15-28)17-4-8-19(24)9-5-17/h4-11,16,21,29H,3,12-15H2,1-2H3,(H,25,27)(H,26,30). The van der Waals surface area contributed by atoms with E-state index in [9.17, 15) is 14.3 Å². The third-order valence-electron chi connectivity index (χ3n) is 4.92. The SMILES string of the molecule is CCNC(=NCCNC(=O)c1ccc(O)cc1)N1CC(C)OC(c2ccc(F)cc2)C1. The average molecular weight is 429 g/mol. The van der Waals surface area contributed by atoms with E-state index in [1.54, 1.807) is 24.3 Å². The molecular weight excluding hydrogens is 399 g/mol. The zero-order valence-corrected chi connectivity index (χ0v) is 17.8. The molecule has 8 heteroatoms. The Hall–Kier alpha value is -3.13. The molecule has 1 saturated heterocycles. The van der Waals surface area contributed by atoms with E-state index < -0.39 is 0 Å². The van der Waals surface area contributed by atoms with E-state index in [1.165, 1.54) is 24.3 Å². The van der Waals surface area contributed by atoms with Crippen LogP contribution in [0, 0.1) is 5.82 Å². The van der Waals surface area contributed by atoms with Crippen molar-refractivity contribution in [1.29, 1.82) is 0 Å². The van der Waals surface area contributed by atoms with Crippen molar-refractivity contribution >= 4 is 11.9 Å². The van der Waals surface area contributed by atoms with E-state index in [1.807, 2.05) is 13.8 Å². The maximum atomic E-state index is 13.3. The molecule has 0 radical (unpaired) electrons. The molecule has 2 aromatic rings. The van der Waals surface area contributed by atoms with Crippen molar-refractivity contribution in [3.63, 3.8) is 0 Å². The van der Waals surface area contributed by atoms with Crippen LogP contribution in [-0.4, -0.2) is 60.7 Å². The van der Waals surface area contributed by atoms with Crippen LogP contribution in [0.5, 0.6) is 5.75 Å². The smallest absolute Gasteiger partial charge is 0.251 e. The van der Waals surface area contributed by atoms with Crippen LogP contribution in [-0.2, 0) is 4.74 Å². The first-order valence-electron chi connectivity index (χ1n) is 10.5. The Morgan fingerprint density at radius 2 is 1.87 bits per heavy atom. The van der Waals surface area contributed by atoms with Crippen molar-refractivity contribution in [3.8, 4) is 5.75 Å². The van der Waals surface area contributed by atoms with Crippen LogP contribution in [0.4, 0.5) is 4.39 Å². The van der Waals surface area contributed by atoms with E-state index in [-0.39, 0.29) is 29.7 Å².